The molecule has 0 aliphatic heterocycles. The zero-order valence-corrected chi connectivity index (χ0v) is 11.6. The van der Waals surface area contributed by atoms with Crippen molar-refractivity contribution < 1.29 is 0 Å². The number of nitrogens with one attached hydrogen (secondary N) is 1. The summed E-state index contributed by atoms with van der Waals surface area (Å²) in [7, 11) is 0. The monoisotopic (exact) mass is 302 g/mol. The van der Waals surface area contributed by atoms with Gasteiger partial charge in [-0.05, 0) is 26.0 Å². The highest BCUT2D eigenvalue weighted by Gasteiger charge is 2.10. The van der Waals surface area contributed by atoms with Crippen LogP contribution in [0.3, 0.4) is 0 Å². The van der Waals surface area contributed by atoms with E-state index in [9.17, 15) is 0 Å². The summed E-state index contributed by atoms with van der Waals surface area (Å²) in [6.45, 7) is 3.96. The van der Waals surface area contributed by atoms with Crippen molar-refractivity contribution in [2.24, 2.45) is 0 Å². The first-order valence-corrected chi connectivity index (χ1v) is 6.39. The lowest BCUT2D eigenvalue weighted by Crippen LogP contribution is -1.93. The molecular formula is C13H11BrN4. The summed E-state index contributed by atoms with van der Waals surface area (Å²) < 4.78 is 1.04. The molecule has 0 radical (unpaired) electrons. The van der Waals surface area contributed by atoms with Crippen molar-refractivity contribution in [2.45, 2.75) is 13.8 Å². The van der Waals surface area contributed by atoms with Gasteiger partial charge >= 0.3 is 0 Å². The Hall–Kier alpha value is -1.75. The van der Waals surface area contributed by atoms with Gasteiger partial charge in [0.1, 0.15) is 0 Å². The highest BCUT2D eigenvalue weighted by atomic mass is 79.9. The maximum atomic E-state index is 4.55. The number of fused-ring (bicyclic) bond motifs is 1. The molecule has 18 heavy (non-hydrogen) atoms. The van der Waals surface area contributed by atoms with Crippen LogP contribution in [-0.4, -0.2) is 20.2 Å². The van der Waals surface area contributed by atoms with Crippen LogP contribution in [0.2, 0.25) is 0 Å². The molecular weight excluding hydrogens is 292 g/mol. The Morgan fingerprint density at radius 1 is 1.06 bits per heavy atom. The molecule has 1 N–H and O–H groups in total. The first kappa shape index (κ1) is 11.3. The Morgan fingerprint density at radius 3 is 2.50 bits per heavy atom. The van der Waals surface area contributed by atoms with Crippen LogP contribution >= 0.6 is 15.9 Å². The fourth-order valence-electron chi connectivity index (χ4n) is 2.00. The number of aryl methyl sites for hydroxylation is 2. The van der Waals surface area contributed by atoms with Crippen LogP contribution < -0.4 is 0 Å². The van der Waals surface area contributed by atoms with Crippen LogP contribution in [0.1, 0.15) is 11.4 Å². The van der Waals surface area contributed by atoms with Gasteiger partial charge in [-0.15, -0.1) is 0 Å². The first-order chi connectivity index (χ1) is 8.65. The van der Waals surface area contributed by atoms with Crippen molar-refractivity contribution in [1.29, 1.82) is 0 Å². The highest BCUT2D eigenvalue weighted by molar-refractivity contribution is 9.10. The minimum atomic E-state index is 0.707. The molecule has 3 aromatic rings. The second kappa shape index (κ2) is 4.17. The average Bonchev–Trinajstić information content (AvgIpc) is 2.72. The number of rotatable bonds is 1. The fourth-order valence-corrected chi connectivity index (χ4v) is 2.26. The number of aromatic amines is 1. The van der Waals surface area contributed by atoms with Gasteiger partial charge in [0.2, 0.25) is 0 Å². The zero-order chi connectivity index (χ0) is 12.7. The zero-order valence-electron chi connectivity index (χ0n) is 10.0. The number of halogens is 1. The molecule has 4 nitrogen and oxygen atoms in total. The number of benzene rings is 1. The van der Waals surface area contributed by atoms with E-state index >= 15 is 0 Å². The topological polar surface area (TPSA) is 54.5 Å². The normalized spacial score (nSPS) is 11.1. The highest BCUT2D eigenvalue weighted by Crippen LogP contribution is 2.23. The first-order valence-electron chi connectivity index (χ1n) is 5.60. The predicted molar refractivity (Wildman–Crippen MR) is 74.3 cm³/mol. The van der Waals surface area contributed by atoms with Gasteiger partial charge in [-0.3, -0.25) is 5.10 Å². The molecule has 3 rings (SSSR count). The second-order valence-electron chi connectivity index (χ2n) is 4.19. The third-order valence-electron chi connectivity index (χ3n) is 2.88. The molecule has 1 aromatic carbocycles. The lowest BCUT2D eigenvalue weighted by Gasteiger charge is -2.02. The Labute approximate surface area is 113 Å². The van der Waals surface area contributed by atoms with Gasteiger partial charge in [0.25, 0.3) is 0 Å². The Kier molecular flexibility index (Phi) is 2.63. The number of hydrogen-bond donors (Lipinski definition) is 1. The summed E-state index contributed by atoms with van der Waals surface area (Å²) >= 11 is 3.42. The van der Waals surface area contributed by atoms with Gasteiger partial charge in [-0.1, -0.05) is 28.1 Å². The van der Waals surface area contributed by atoms with E-state index in [1.165, 1.54) is 0 Å². The number of aromatic nitrogens is 4. The summed E-state index contributed by atoms with van der Waals surface area (Å²) in [6, 6.07) is 7.94. The third-order valence-corrected chi connectivity index (χ3v) is 3.41. The molecule has 5 heteroatoms. The maximum absolute atomic E-state index is 4.55. The van der Waals surface area contributed by atoms with E-state index < -0.39 is 0 Å². The molecule has 2 aromatic heterocycles. The SMILES string of the molecule is Cc1nc(-c2ccc(Br)cc2)nc2n[nH]c(C)c12. The van der Waals surface area contributed by atoms with E-state index in [-0.39, 0.29) is 0 Å². The Morgan fingerprint density at radius 2 is 1.78 bits per heavy atom. The summed E-state index contributed by atoms with van der Waals surface area (Å²) in [4.78, 5) is 9.04. The molecule has 0 saturated carbocycles. The molecule has 0 unspecified atom stereocenters. The van der Waals surface area contributed by atoms with Gasteiger partial charge < -0.3 is 0 Å². The molecule has 0 fully saturated rings. The van der Waals surface area contributed by atoms with E-state index in [4.69, 9.17) is 0 Å². The maximum Gasteiger partial charge on any atom is 0.185 e. The van der Waals surface area contributed by atoms with Crippen LogP contribution in [0.5, 0.6) is 0 Å². The largest absolute Gasteiger partial charge is 0.280 e. The van der Waals surface area contributed by atoms with E-state index in [2.05, 4.69) is 36.1 Å². The third kappa shape index (κ3) is 1.80. The predicted octanol–water partition coefficient (Wildman–Crippen LogP) is 3.40. The lowest BCUT2D eigenvalue weighted by atomic mass is 10.2. The van der Waals surface area contributed by atoms with E-state index in [0.717, 1.165) is 32.5 Å². The molecule has 0 aliphatic carbocycles. The second-order valence-corrected chi connectivity index (χ2v) is 5.10. The number of hydrogen-bond acceptors (Lipinski definition) is 3. The van der Waals surface area contributed by atoms with Crippen molar-refractivity contribution >= 4 is 27.0 Å². The molecule has 0 atom stereocenters. The van der Waals surface area contributed by atoms with Crippen molar-refractivity contribution in [3.63, 3.8) is 0 Å². The number of H-pyrrole nitrogens is 1. The molecule has 0 bridgehead atoms. The molecule has 0 aliphatic rings. The van der Waals surface area contributed by atoms with Gasteiger partial charge in [-0.25, -0.2) is 9.97 Å². The fraction of sp³-hybridized carbons (Fsp3) is 0.154. The minimum absolute atomic E-state index is 0.707. The molecule has 0 amide bonds. The van der Waals surface area contributed by atoms with Gasteiger partial charge in [0.05, 0.1) is 11.1 Å². The Balaban J connectivity index is 2.21. The van der Waals surface area contributed by atoms with Crippen molar-refractivity contribution in [2.75, 3.05) is 0 Å². The average molecular weight is 303 g/mol. The van der Waals surface area contributed by atoms with Crippen LogP contribution in [-0.2, 0) is 0 Å². The van der Waals surface area contributed by atoms with Crippen LogP contribution in [0.15, 0.2) is 28.7 Å². The molecule has 2 heterocycles. The minimum Gasteiger partial charge on any atom is -0.280 e. The van der Waals surface area contributed by atoms with Gasteiger partial charge in [0, 0.05) is 15.7 Å². The van der Waals surface area contributed by atoms with Crippen molar-refractivity contribution in [1.82, 2.24) is 20.2 Å². The van der Waals surface area contributed by atoms with Gasteiger partial charge in [-0.2, -0.15) is 5.10 Å². The van der Waals surface area contributed by atoms with Crippen molar-refractivity contribution in [3.05, 3.63) is 40.1 Å². The van der Waals surface area contributed by atoms with Crippen LogP contribution in [0.25, 0.3) is 22.4 Å². The van der Waals surface area contributed by atoms with Crippen LogP contribution in [0, 0.1) is 13.8 Å². The molecule has 90 valence electrons. The van der Waals surface area contributed by atoms with E-state index in [1.807, 2.05) is 38.1 Å². The quantitative estimate of drug-likeness (QED) is 0.749. The summed E-state index contributed by atoms with van der Waals surface area (Å²) in [6.07, 6.45) is 0. The van der Waals surface area contributed by atoms with Gasteiger partial charge in [0.15, 0.2) is 11.5 Å². The molecule has 0 saturated heterocycles. The molecule has 0 spiro atoms. The smallest absolute Gasteiger partial charge is 0.185 e. The standard InChI is InChI=1S/C13H11BrN4/c1-7-11-8(2)17-18-13(11)16-12(15-7)9-3-5-10(14)6-4-9/h3-6H,1-2H3,(H,15,16,17,18). The van der Waals surface area contributed by atoms with Crippen molar-refractivity contribution in [3.8, 4) is 11.4 Å². The van der Waals surface area contributed by atoms with Crippen LogP contribution in [0.4, 0.5) is 0 Å². The van der Waals surface area contributed by atoms with E-state index in [0.29, 0.717) is 5.82 Å². The Bertz CT molecular complexity index is 716. The lowest BCUT2D eigenvalue weighted by molar-refractivity contribution is 1.05. The number of nitrogens with zero attached hydrogens (tertiary/aromatic N) is 3. The van der Waals surface area contributed by atoms with E-state index in [1.54, 1.807) is 0 Å². The summed E-state index contributed by atoms with van der Waals surface area (Å²) in [5, 5.41) is 8.15. The summed E-state index contributed by atoms with van der Waals surface area (Å²) in [5.41, 5.74) is 3.66. The summed E-state index contributed by atoms with van der Waals surface area (Å²) in [5.74, 6) is 0.707.